The zero-order valence-corrected chi connectivity index (χ0v) is 16.2. The van der Waals surface area contributed by atoms with Crippen LogP contribution in [0.4, 0.5) is 4.79 Å². The van der Waals surface area contributed by atoms with Gasteiger partial charge in [-0.1, -0.05) is 78.9 Å². The average molecular weight is 386 g/mol. The van der Waals surface area contributed by atoms with E-state index in [0.29, 0.717) is 12.2 Å². The van der Waals surface area contributed by atoms with E-state index in [1.807, 2.05) is 84.9 Å². The van der Waals surface area contributed by atoms with Crippen molar-refractivity contribution < 1.29 is 14.3 Å². The highest BCUT2D eigenvalue weighted by atomic mass is 16.5. The minimum atomic E-state index is -1.14. The molecule has 4 rings (SSSR count). The highest BCUT2D eigenvalue weighted by Crippen LogP contribution is 2.34. The molecule has 1 aliphatic heterocycles. The van der Waals surface area contributed by atoms with Crippen molar-refractivity contribution in [1.82, 2.24) is 10.2 Å². The van der Waals surface area contributed by atoms with E-state index in [1.54, 1.807) is 7.11 Å². The summed E-state index contributed by atoms with van der Waals surface area (Å²) < 4.78 is 5.39. The van der Waals surface area contributed by atoms with Crippen LogP contribution in [0.3, 0.4) is 0 Å². The Hall–Kier alpha value is -3.60. The molecule has 1 N–H and O–H groups in total. The summed E-state index contributed by atoms with van der Waals surface area (Å²) in [7, 11) is 1.58. The second-order valence-electron chi connectivity index (χ2n) is 7.07. The van der Waals surface area contributed by atoms with Gasteiger partial charge in [-0.25, -0.2) is 4.79 Å². The lowest BCUT2D eigenvalue weighted by atomic mass is 9.83. The molecule has 3 aromatic carbocycles. The number of amides is 3. The maximum Gasteiger partial charge on any atom is 0.325 e. The van der Waals surface area contributed by atoms with E-state index in [2.05, 4.69) is 5.32 Å². The predicted molar refractivity (Wildman–Crippen MR) is 110 cm³/mol. The first-order valence-electron chi connectivity index (χ1n) is 9.49. The zero-order chi connectivity index (χ0) is 20.3. The fourth-order valence-electron chi connectivity index (χ4n) is 3.82. The van der Waals surface area contributed by atoms with Crippen LogP contribution in [-0.4, -0.2) is 23.9 Å². The molecule has 5 nitrogen and oxygen atoms in total. The summed E-state index contributed by atoms with van der Waals surface area (Å²) in [6, 6.07) is 26.2. The summed E-state index contributed by atoms with van der Waals surface area (Å²) in [6.07, 6.45) is 0.380. The quantitative estimate of drug-likeness (QED) is 0.654. The number of nitrogens with zero attached hydrogens (tertiary/aromatic N) is 1. The fraction of sp³-hybridized carbons (Fsp3) is 0.167. The molecule has 3 aromatic rings. The summed E-state index contributed by atoms with van der Waals surface area (Å²) in [5.41, 5.74) is 1.39. The van der Waals surface area contributed by atoms with Crippen LogP contribution in [0.25, 0.3) is 0 Å². The van der Waals surface area contributed by atoms with Crippen molar-refractivity contribution in [3.05, 3.63) is 102 Å². The van der Waals surface area contributed by atoms with Crippen molar-refractivity contribution in [2.45, 2.75) is 18.5 Å². The minimum absolute atomic E-state index is 0.151. The Labute approximate surface area is 169 Å². The van der Waals surface area contributed by atoms with Crippen molar-refractivity contribution in [3.8, 4) is 5.75 Å². The summed E-state index contributed by atoms with van der Waals surface area (Å²) in [4.78, 5) is 27.8. The highest BCUT2D eigenvalue weighted by Gasteiger charge is 2.52. The first-order valence-corrected chi connectivity index (χ1v) is 9.49. The Balaban J connectivity index is 1.73. The van der Waals surface area contributed by atoms with Gasteiger partial charge in [0.1, 0.15) is 5.75 Å². The lowest BCUT2D eigenvalue weighted by molar-refractivity contribution is -0.132. The smallest absolute Gasteiger partial charge is 0.325 e. The topological polar surface area (TPSA) is 58.6 Å². The van der Waals surface area contributed by atoms with Crippen LogP contribution in [0.15, 0.2) is 84.9 Å². The number of carbonyl (C=O) groups is 2. The first kappa shape index (κ1) is 18.7. The van der Waals surface area contributed by atoms with Gasteiger partial charge in [0.2, 0.25) is 0 Å². The third-order valence-electron chi connectivity index (χ3n) is 5.28. The number of urea groups is 1. The van der Waals surface area contributed by atoms with Gasteiger partial charge in [-0.15, -0.1) is 0 Å². The maximum atomic E-state index is 13.6. The highest BCUT2D eigenvalue weighted by molar-refractivity contribution is 6.07. The molecule has 1 fully saturated rings. The van der Waals surface area contributed by atoms with E-state index in [9.17, 15) is 9.59 Å². The number of imide groups is 1. The van der Waals surface area contributed by atoms with Crippen molar-refractivity contribution in [2.24, 2.45) is 0 Å². The molecule has 0 aliphatic carbocycles. The van der Waals surface area contributed by atoms with Crippen LogP contribution >= 0.6 is 0 Å². The summed E-state index contributed by atoms with van der Waals surface area (Å²) in [5, 5.41) is 2.99. The molecular weight excluding hydrogens is 364 g/mol. The number of benzene rings is 3. The average Bonchev–Trinajstić information content (AvgIpc) is 3.00. The van der Waals surface area contributed by atoms with Crippen LogP contribution < -0.4 is 10.1 Å². The second kappa shape index (κ2) is 7.80. The van der Waals surface area contributed by atoms with Crippen LogP contribution in [0.5, 0.6) is 5.75 Å². The number of hydrogen-bond donors (Lipinski definition) is 1. The Kier molecular flexibility index (Phi) is 5.04. The van der Waals surface area contributed by atoms with Gasteiger partial charge < -0.3 is 10.1 Å². The van der Waals surface area contributed by atoms with Crippen LogP contribution in [0.2, 0.25) is 0 Å². The Morgan fingerprint density at radius 2 is 1.48 bits per heavy atom. The molecular formula is C24H22N2O3. The van der Waals surface area contributed by atoms with Gasteiger partial charge in [-0.2, -0.15) is 0 Å². The minimum Gasteiger partial charge on any atom is -0.496 e. The molecule has 1 atom stereocenters. The molecule has 29 heavy (non-hydrogen) atoms. The molecule has 1 saturated heterocycles. The van der Waals surface area contributed by atoms with Crippen molar-refractivity contribution >= 4 is 11.9 Å². The third kappa shape index (κ3) is 3.47. The third-order valence-corrected chi connectivity index (χ3v) is 5.28. The van der Waals surface area contributed by atoms with E-state index in [1.165, 1.54) is 4.90 Å². The van der Waals surface area contributed by atoms with Gasteiger partial charge in [0, 0.05) is 12.0 Å². The van der Waals surface area contributed by atoms with Gasteiger partial charge in [0.25, 0.3) is 5.91 Å². The maximum absolute atomic E-state index is 13.6. The van der Waals surface area contributed by atoms with Crippen molar-refractivity contribution in [3.63, 3.8) is 0 Å². The predicted octanol–water partition coefficient (Wildman–Crippen LogP) is 3.89. The summed E-state index contributed by atoms with van der Waals surface area (Å²) >= 11 is 0. The van der Waals surface area contributed by atoms with E-state index >= 15 is 0 Å². The first-order chi connectivity index (χ1) is 14.1. The lowest BCUT2D eigenvalue weighted by Crippen LogP contribution is -2.46. The largest absolute Gasteiger partial charge is 0.496 e. The van der Waals surface area contributed by atoms with Gasteiger partial charge in [0.15, 0.2) is 5.54 Å². The molecule has 0 radical (unpaired) electrons. The Morgan fingerprint density at radius 3 is 2.17 bits per heavy atom. The fourth-order valence-corrected chi connectivity index (χ4v) is 3.82. The molecule has 5 heteroatoms. The monoisotopic (exact) mass is 386 g/mol. The van der Waals surface area contributed by atoms with E-state index in [0.717, 1.165) is 16.7 Å². The Bertz CT molecular complexity index is 1020. The molecule has 1 heterocycles. The van der Waals surface area contributed by atoms with E-state index in [4.69, 9.17) is 4.74 Å². The number of methoxy groups -OCH3 is 1. The lowest BCUT2D eigenvalue weighted by Gasteiger charge is -2.27. The van der Waals surface area contributed by atoms with E-state index in [-0.39, 0.29) is 12.5 Å². The molecule has 146 valence electrons. The normalized spacial score (nSPS) is 18.6. The van der Waals surface area contributed by atoms with E-state index < -0.39 is 11.6 Å². The SMILES string of the molecule is COc1ccccc1CN1C(=O)N[C@@](Cc2ccccc2)(c2ccccc2)C1=O. The van der Waals surface area contributed by atoms with Crippen molar-refractivity contribution in [1.29, 1.82) is 0 Å². The van der Waals surface area contributed by atoms with Gasteiger partial charge in [-0.05, 0) is 17.2 Å². The Morgan fingerprint density at radius 1 is 0.862 bits per heavy atom. The zero-order valence-electron chi connectivity index (χ0n) is 16.2. The number of nitrogens with one attached hydrogen (secondary N) is 1. The molecule has 0 unspecified atom stereocenters. The number of carbonyl (C=O) groups excluding carboxylic acids is 2. The molecule has 0 saturated carbocycles. The molecule has 0 spiro atoms. The molecule has 3 amide bonds. The number of hydrogen-bond acceptors (Lipinski definition) is 3. The summed E-state index contributed by atoms with van der Waals surface area (Å²) in [6.45, 7) is 0.151. The number of ether oxygens (including phenoxy) is 1. The molecule has 1 aliphatic rings. The molecule has 0 bridgehead atoms. The van der Waals surface area contributed by atoms with Crippen molar-refractivity contribution in [2.75, 3.05) is 7.11 Å². The van der Waals surface area contributed by atoms with Gasteiger partial charge in [0.05, 0.1) is 13.7 Å². The number of para-hydroxylation sites is 1. The van der Waals surface area contributed by atoms with Crippen LogP contribution in [0, 0.1) is 0 Å². The van der Waals surface area contributed by atoms with Crippen LogP contribution in [0.1, 0.15) is 16.7 Å². The van der Waals surface area contributed by atoms with Gasteiger partial charge >= 0.3 is 6.03 Å². The van der Waals surface area contributed by atoms with Gasteiger partial charge in [-0.3, -0.25) is 9.69 Å². The standard InChI is InChI=1S/C24H22N2O3/c1-29-21-15-9-8-12-19(21)17-26-22(27)24(25-23(26)28,20-13-6-3-7-14-20)16-18-10-4-2-5-11-18/h2-15H,16-17H2,1H3,(H,25,28)/t24-/m0/s1. The summed E-state index contributed by atoms with van der Waals surface area (Å²) in [5.74, 6) is 0.386. The number of rotatable bonds is 6. The second-order valence-corrected chi connectivity index (χ2v) is 7.07. The van der Waals surface area contributed by atoms with Crippen LogP contribution in [-0.2, 0) is 23.3 Å². The molecule has 0 aromatic heterocycles.